The van der Waals surface area contributed by atoms with Gasteiger partial charge in [0.25, 0.3) is 0 Å². The van der Waals surface area contributed by atoms with Gasteiger partial charge in [-0.05, 0) is 57.0 Å². The van der Waals surface area contributed by atoms with Crippen molar-refractivity contribution >= 4 is 34.3 Å². The lowest BCUT2D eigenvalue weighted by Crippen LogP contribution is -2.61. The first-order chi connectivity index (χ1) is 16.3. The molecule has 0 saturated carbocycles. The van der Waals surface area contributed by atoms with Crippen molar-refractivity contribution in [3.05, 3.63) is 66.1 Å². The van der Waals surface area contributed by atoms with E-state index in [0.717, 1.165) is 50.1 Å². The van der Waals surface area contributed by atoms with Crippen LogP contribution in [0.2, 0.25) is 0 Å². The molecule has 0 spiro atoms. The van der Waals surface area contributed by atoms with Crippen molar-refractivity contribution in [2.24, 2.45) is 0 Å². The number of unbranched alkanes of at least 4 members (excludes halogenated alkanes) is 1. The van der Waals surface area contributed by atoms with E-state index in [0.29, 0.717) is 0 Å². The molecule has 1 amide bonds. The molecule has 2 aromatic carbocycles. The number of nitrogens with zero attached hydrogens (tertiary/aromatic N) is 2. The van der Waals surface area contributed by atoms with Crippen molar-refractivity contribution in [3.8, 4) is 0 Å². The number of carbonyl (C=O) groups excluding carboxylic acids is 1. The number of halogens is 1. The fraction of sp³-hybridized carbons (Fsp3) is 0.444. The summed E-state index contributed by atoms with van der Waals surface area (Å²) in [6.07, 6.45) is 5.16. The number of H-pyrrole nitrogens is 1. The van der Waals surface area contributed by atoms with Crippen LogP contribution in [-0.2, 0) is 4.79 Å². The lowest BCUT2D eigenvalue weighted by atomic mass is 9.99. The summed E-state index contributed by atoms with van der Waals surface area (Å²) in [5.41, 5.74) is 3.35. The van der Waals surface area contributed by atoms with Gasteiger partial charge in [0.2, 0.25) is 5.91 Å². The monoisotopic (exact) mass is 480 g/mol. The van der Waals surface area contributed by atoms with Crippen molar-refractivity contribution in [3.63, 3.8) is 0 Å². The molecular weight excluding hydrogens is 447 g/mol. The third-order valence-electron chi connectivity index (χ3n) is 7.18. The Bertz CT molecular complexity index is 1180. The van der Waals surface area contributed by atoms with E-state index >= 15 is 0 Å². The maximum Gasteiger partial charge on any atom is 0.237 e. The van der Waals surface area contributed by atoms with E-state index in [1.54, 1.807) is 11.8 Å². The highest BCUT2D eigenvalue weighted by molar-refractivity contribution is 8.03. The zero-order chi connectivity index (χ0) is 23.9. The number of amides is 1. The molecule has 5 nitrogen and oxygen atoms in total. The van der Waals surface area contributed by atoms with Gasteiger partial charge < -0.3 is 15.2 Å². The minimum absolute atomic E-state index is 0.0649. The third kappa shape index (κ3) is 4.09. The number of hydrogen-bond donors (Lipinski definition) is 2. The van der Waals surface area contributed by atoms with E-state index in [4.69, 9.17) is 0 Å². The van der Waals surface area contributed by atoms with Crippen LogP contribution in [0.25, 0.3) is 10.9 Å². The van der Waals surface area contributed by atoms with Gasteiger partial charge in [-0.2, -0.15) is 0 Å². The fourth-order valence-corrected chi connectivity index (χ4v) is 7.01. The largest absolute Gasteiger partial charge is 0.362 e. The van der Waals surface area contributed by atoms with Crippen molar-refractivity contribution in [2.45, 2.75) is 55.8 Å². The lowest BCUT2D eigenvalue weighted by molar-refractivity contribution is -0.124. The minimum Gasteiger partial charge on any atom is -0.362 e. The number of para-hydroxylation sites is 1. The van der Waals surface area contributed by atoms with Gasteiger partial charge in [-0.15, -0.1) is 11.8 Å². The highest BCUT2D eigenvalue weighted by atomic mass is 32.2. The Morgan fingerprint density at radius 2 is 1.88 bits per heavy atom. The first kappa shape index (κ1) is 23.2. The van der Waals surface area contributed by atoms with E-state index < -0.39 is 9.74 Å². The van der Waals surface area contributed by atoms with Crippen LogP contribution in [0.4, 0.5) is 10.1 Å². The maximum absolute atomic E-state index is 13.7. The van der Waals surface area contributed by atoms with Gasteiger partial charge in [-0.25, -0.2) is 4.39 Å². The number of carbonyl (C=O) groups is 1. The average molecular weight is 481 g/mol. The molecule has 2 atom stereocenters. The van der Waals surface area contributed by atoms with Gasteiger partial charge in [-0.1, -0.05) is 31.5 Å². The number of anilines is 1. The highest BCUT2D eigenvalue weighted by Crippen LogP contribution is 2.48. The number of aromatic nitrogens is 1. The molecule has 5 rings (SSSR count). The summed E-state index contributed by atoms with van der Waals surface area (Å²) in [5.74, 6) is -0.116. The summed E-state index contributed by atoms with van der Waals surface area (Å²) in [7, 11) is 0. The molecule has 0 bridgehead atoms. The van der Waals surface area contributed by atoms with E-state index in [-0.39, 0.29) is 17.8 Å². The lowest BCUT2D eigenvalue weighted by Gasteiger charge is -2.49. The van der Waals surface area contributed by atoms with Crippen molar-refractivity contribution in [2.75, 3.05) is 24.5 Å². The number of piperazine rings is 1. The molecule has 2 aliphatic heterocycles. The van der Waals surface area contributed by atoms with Crippen LogP contribution < -0.4 is 10.2 Å². The maximum atomic E-state index is 13.7. The smallest absolute Gasteiger partial charge is 0.237 e. The molecule has 3 heterocycles. The number of fused-ring (bicyclic) bond motifs is 1. The van der Waals surface area contributed by atoms with Crippen LogP contribution in [0, 0.1) is 5.82 Å². The summed E-state index contributed by atoms with van der Waals surface area (Å²) in [6.45, 7) is 8.62. The van der Waals surface area contributed by atoms with Gasteiger partial charge >= 0.3 is 0 Å². The Labute approximate surface area is 205 Å². The topological polar surface area (TPSA) is 51.4 Å². The number of thioether (sulfide) groups is 1. The fourth-order valence-electron chi connectivity index (χ4n) is 5.34. The van der Waals surface area contributed by atoms with Gasteiger partial charge in [0.15, 0.2) is 0 Å². The second-order valence-electron chi connectivity index (χ2n) is 9.88. The van der Waals surface area contributed by atoms with E-state index in [9.17, 15) is 9.18 Å². The Morgan fingerprint density at radius 1 is 1.12 bits per heavy atom. The second-order valence-corrected chi connectivity index (χ2v) is 11.8. The molecular formula is C27H33FN4OS. The molecule has 2 N–H and O–H groups in total. The highest BCUT2D eigenvalue weighted by Gasteiger charge is 2.54. The zero-order valence-electron chi connectivity index (χ0n) is 20.1. The molecule has 0 radical (unpaired) electrons. The third-order valence-corrected chi connectivity index (χ3v) is 8.78. The molecule has 1 aromatic heterocycles. The normalized spacial score (nSPS) is 25.1. The summed E-state index contributed by atoms with van der Waals surface area (Å²) in [4.78, 5) is 20.8. The minimum atomic E-state index is -0.460. The molecule has 7 heteroatoms. The molecule has 2 saturated heterocycles. The Kier molecular flexibility index (Phi) is 6.10. The number of nitrogens with one attached hydrogen (secondary N) is 2. The van der Waals surface area contributed by atoms with E-state index in [1.807, 2.05) is 32.0 Å². The van der Waals surface area contributed by atoms with Crippen molar-refractivity contribution in [1.29, 1.82) is 0 Å². The van der Waals surface area contributed by atoms with Crippen LogP contribution in [-0.4, -0.2) is 45.2 Å². The Hall–Kier alpha value is -2.51. The van der Waals surface area contributed by atoms with Crippen LogP contribution >= 0.6 is 11.8 Å². The summed E-state index contributed by atoms with van der Waals surface area (Å²) in [6, 6.07) is 15.2. The van der Waals surface area contributed by atoms with Crippen LogP contribution in [0.5, 0.6) is 0 Å². The number of hydrogen-bond acceptors (Lipinski definition) is 4. The first-order valence-electron chi connectivity index (χ1n) is 12.2. The van der Waals surface area contributed by atoms with Crippen LogP contribution in [0.1, 0.15) is 51.6 Å². The summed E-state index contributed by atoms with van der Waals surface area (Å²) < 4.78 is 13.2. The molecule has 0 aliphatic carbocycles. The number of rotatable bonds is 6. The van der Waals surface area contributed by atoms with Gasteiger partial charge in [0, 0.05) is 48.0 Å². The van der Waals surface area contributed by atoms with Gasteiger partial charge in [0.1, 0.15) is 10.8 Å². The zero-order valence-corrected chi connectivity index (χ0v) is 20.9. The van der Waals surface area contributed by atoms with Gasteiger partial charge in [-0.3, -0.25) is 9.69 Å². The average Bonchev–Trinajstić information content (AvgIpc) is 3.36. The molecule has 180 valence electrons. The summed E-state index contributed by atoms with van der Waals surface area (Å²) in [5, 5.41) is 4.60. The van der Waals surface area contributed by atoms with Crippen molar-refractivity contribution < 1.29 is 9.18 Å². The standard InChI is InChI=1S/C27H33FN4OS/c1-4-5-14-27(30-25(33)26(2,3)34-27)31-15-16-32(20-12-10-19(28)11-13-20)24(18-31)22-17-29-23-9-7-6-8-21(22)23/h6-13,17,24,29H,4-5,14-16,18H2,1-3H3,(H,30,33). The SMILES string of the molecule is CCCCC1(N2CCN(c3ccc(F)cc3)C(c3c[nH]c4ccccc34)C2)NC(=O)C(C)(C)S1. The molecule has 2 aliphatic rings. The van der Waals surface area contributed by atoms with E-state index in [2.05, 4.69) is 51.4 Å². The molecule has 2 unspecified atom stereocenters. The van der Waals surface area contributed by atoms with E-state index in [1.165, 1.54) is 23.1 Å². The predicted octanol–water partition coefficient (Wildman–Crippen LogP) is 5.66. The Balaban J connectivity index is 1.54. The van der Waals surface area contributed by atoms with Crippen molar-refractivity contribution in [1.82, 2.24) is 15.2 Å². The second kappa shape index (κ2) is 8.93. The first-order valence-corrected chi connectivity index (χ1v) is 13.0. The quantitative estimate of drug-likeness (QED) is 0.478. The van der Waals surface area contributed by atoms with Crippen LogP contribution in [0.3, 0.4) is 0 Å². The predicted molar refractivity (Wildman–Crippen MR) is 138 cm³/mol. The molecule has 2 fully saturated rings. The Morgan fingerprint density at radius 3 is 2.59 bits per heavy atom. The van der Waals surface area contributed by atoms with Gasteiger partial charge in [0.05, 0.1) is 10.8 Å². The van der Waals surface area contributed by atoms with Crippen LogP contribution in [0.15, 0.2) is 54.7 Å². The number of benzene rings is 2. The number of aromatic amines is 1. The summed E-state index contributed by atoms with van der Waals surface area (Å²) >= 11 is 1.76. The molecule has 3 aromatic rings. The molecule has 34 heavy (non-hydrogen) atoms.